The third-order valence-electron chi connectivity index (χ3n) is 8.28. The van der Waals surface area contributed by atoms with Crippen LogP contribution in [0, 0.1) is 25.2 Å². The van der Waals surface area contributed by atoms with Gasteiger partial charge in [-0.05, 0) is 49.2 Å². The highest BCUT2D eigenvalue weighted by Gasteiger charge is 2.22. The van der Waals surface area contributed by atoms with Crippen LogP contribution in [0.2, 0.25) is 10.0 Å². The van der Waals surface area contributed by atoms with Crippen LogP contribution < -0.4 is 19.7 Å². The lowest BCUT2D eigenvalue weighted by atomic mass is 10.0. The molecule has 0 spiro atoms. The maximum absolute atomic E-state index is 9.90. The predicted octanol–water partition coefficient (Wildman–Crippen LogP) is 8.37. The molecule has 45 heavy (non-hydrogen) atoms. The summed E-state index contributed by atoms with van der Waals surface area (Å²) < 4.78 is 17.2. The Morgan fingerprint density at radius 1 is 0.956 bits per heavy atom. The number of nitrogens with one attached hydrogen (secondary N) is 1. The first-order valence-electron chi connectivity index (χ1n) is 14.6. The van der Waals surface area contributed by atoms with E-state index >= 15 is 0 Å². The van der Waals surface area contributed by atoms with Crippen molar-refractivity contribution in [3.8, 4) is 28.7 Å². The van der Waals surface area contributed by atoms with Gasteiger partial charge in [0.1, 0.15) is 23.3 Å². The molecular formula is C35H33Cl2N5O3. The fraction of sp³-hybridized carbons (Fsp3) is 0.257. The minimum absolute atomic E-state index is 0.352. The van der Waals surface area contributed by atoms with Gasteiger partial charge in [-0.15, -0.1) is 0 Å². The Morgan fingerprint density at radius 2 is 1.69 bits per heavy atom. The van der Waals surface area contributed by atoms with Crippen molar-refractivity contribution < 1.29 is 13.9 Å². The van der Waals surface area contributed by atoms with E-state index in [2.05, 4.69) is 64.3 Å². The molecule has 0 saturated carbocycles. The number of rotatable bonds is 8. The lowest BCUT2D eigenvalue weighted by Crippen LogP contribution is -2.46. The van der Waals surface area contributed by atoms with Crippen LogP contribution in [-0.4, -0.2) is 50.3 Å². The van der Waals surface area contributed by atoms with Crippen LogP contribution in [0.15, 0.2) is 65.4 Å². The van der Waals surface area contributed by atoms with Crippen LogP contribution in [-0.2, 0) is 6.54 Å². The molecule has 8 nitrogen and oxygen atoms in total. The Morgan fingerprint density at radius 3 is 2.38 bits per heavy atom. The molecule has 1 aliphatic heterocycles. The van der Waals surface area contributed by atoms with Crippen LogP contribution in [0.4, 0.5) is 17.1 Å². The second-order valence-corrected chi connectivity index (χ2v) is 11.9. The summed E-state index contributed by atoms with van der Waals surface area (Å²) in [5, 5.41) is 14.7. The number of aromatic nitrogens is 1. The van der Waals surface area contributed by atoms with Gasteiger partial charge in [-0.1, -0.05) is 41.4 Å². The van der Waals surface area contributed by atoms with Crippen molar-refractivity contribution >= 4 is 51.2 Å². The molecule has 0 amide bonds. The van der Waals surface area contributed by atoms with Gasteiger partial charge >= 0.3 is 0 Å². The predicted molar refractivity (Wildman–Crippen MR) is 180 cm³/mol. The van der Waals surface area contributed by atoms with E-state index in [1.54, 1.807) is 31.7 Å². The molecular weight excluding hydrogens is 609 g/mol. The molecule has 0 atom stereocenters. The Balaban J connectivity index is 1.25. The maximum atomic E-state index is 9.90. The molecule has 1 aliphatic rings. The van der Waals surface area contributed by atoms with Gasteiger partial charge in [0.05, 0.1) is 59.5 Å². The first-order valence-corrected chi connectivity index (χ1v) is 15.4. The number of para-hydroxylation sites is 1. The number of nitriles is 1. The van der Waals surface area contributed by atoms with Gasteiger partial charge in [0.15, 0.2) is 0 Å². The maximum Gasteiger partial charge on any atom is 0.139 e. The van der Waals surface area contributed by atoms with E-state index < -0.39 is 0 Å². The number of furan rings is 1. The first kappa shape index (κ1) is 30.6. The second-order valence-electron chi connectivity index (χ2n) is 11.1. The van der Waals surface area contributed by atoms with Crippen molar-refractivity contribution in [2.75, 3.05) is 50.6 Å². The van der Waals surface area contributed by atoms with Gasteiger partial charge in [0.25, 0.3) is 0 Å². The number of benzene rings is 3. The Kier molecular flexibility index (Phi) is 8.77. The van der Waals surface area contributed by atoms with Crippen molar-refractivity contribution in [2.45, 2.75) is 20.4 Å². The topological polar surface area (TPSA) is 86.8 Å². The average molecular weight is 643 g/mol. The smallest absolute Gasteiger partial charge is 0.139 e. The highest BCUT2D eigenvalue weighted by molar-refractivity contribution is 6.37. The highest BCUT2D eigenvalue weighted by Crippen LogP contribution is 2.41. The zero-order valence-corrected chi connectivity index (χ0v) is 27.1. The monoisotopic (exact) mass is 641 g/mol. The van der Waals surface area contributed by atoms with Crippen molar-refractivity contribution in [3.63, 3.8) is 0 Å². The Labute approximate surface area is 272 Å². The Hall–Kier alpha value is -4.42. The van der Waals surface area contributed by atoms with Gasteiger partial charge in [-0.3, -0.25) is 9.88 Å². The summed E-state index contributed by atoms with van der Waals surface area (Å²) in [6.45, 7) is 8.93. The van der Waals surface area contributed by atoms with Crippen molar-refractivity contribution in [1.82, 2.24) is 9.88 Å². The van der Waals surface area contributed by atoms with E-state index in [9.17, 15) is 5.26 Å². The van der Waals surface area contributed by atoms with E-state index in [0.717, 1.165) is 49.6 Å². The molecule has 10 heteroatoms. The van der Waals surface area contributed by atoms with Crippen LogP contribution >= 0.6 is 23.2 Å². The summed E-state index contributed by atoms with van der Waals surface area (Å²) in [5.41, 5.74) is 7.84. The summed E-state index contributed by atoms with van der Waals surface area (Å²) in [7, 11) is 3.15. The molecule has 6 rings (SSSR count). The summed E-state index contributed by atoms with van der Waals surface area (Å²) in [6.07, 6.45) is 3.30. The molecule has 0 unspecified atom stereocenters. The summed E-state index contributed by atoms with van der Waals surface area (Å²) >= 11 is 12.7. The van der Waals surface area contributed by atoms with Crippen LogP contribution in [0.1, 0.15) is 22.5 Å². The van der Waals surface area contributed by atoms with Gasteiger partial charge in [0, 0.05) is 60.6 Å². The zero-order valence-electron chi connectivity index (χ0n) is 25.6. The van der Waals surface area contributed by atoms with E-state index in [-0.39, 0.29) is 0 Å². The minimum atomic E-state index is 0.352. The molecule has 0 radical (unpaired) electrons. The number of pyridine rings is 1. The molecule has 0 bridgehead atoms. The summed E-state index contributed by atoms with van der Waals surface area (Å²) in [4.78, 5) is 9.50. The first-order chi connectivity index (χ1) is 21.8. The summed E-state index contributed by atoms with van der Waals surface area (Å²) in [5.74, 6) is 1.96. The number of halogens is 2. The lowest BCUT2D eigenvalue weighted by molar-refractivity contribution is 0.230. The third-order valence-corrected chi connectivity index (χ3v) is 8.89. The number of aryl methyl sites for hydroxylation is 2. The number of hydrogen-bond acceptors (Lipinski definition) is 8. The quantitative estimate of drug-likeness (QED) is 0.181. The molecule has 230 valence electrons. The van der Waals surface area contributed by atoms with Gasteiger partial charge < -0.3 is 24.1 Å². The van der Waals surface area contributed by atoms with Crippen molar-refractivity contribution in [2.24, 2.45) is 0 Å². The number of methoxy groups -OCH3 is 2. The average Bonchev–Trinajstić information content (AvgIpc) is 3.50. The highest BCUT2D eigenvalue weighted by atomic mass is 35.5. The number of fused-ring (bicyclic) bond motifs is 1. The number of nitrogens with zero attached hydrogens (tertiary/aromatic N) is 4. The molecule has 1 N–H and O–H groups in total. The zero-order chi connectivity index (χ0) is 31.7. The number of hydrogen-bond donors (Lipinski definition) is 1. The normalized spacial score (nSPS) is 13.6. The molecule has 1 fully saturated rings. The summed E-state index contributed by atoms with van der Waals surface area (Å²) in [6, 6.07) is 17.9. The largest absolute Gasteiger partial charge is 0.496 e. The molecule has 5 aromatic rings. The standard InChI is InChI=1S/C35H33Cl2N5O3/c1-21-6-5-7-22(2)35(21)42-10-8-41(9-11-42)19-25-12-23(20-45-25)26-13-30-27(14-32(26)43-3)34(24(17-38)18-39-30)40-31-16-33(44-4)29(37)15-28(31)36/h5-7,12-16,18,20H,8-11,19H2,1-4H3,(H,39,40). The van der Waals surface area contributed by atoms with Crippen LogP contribution in [0.25, 0.3) is 22.0 Å². The molecule has 1 saturated heterocycles. The lowest BCUT2D eigenvalue weighted by Gasteiger charge is -2.37. The van der Waals surface area contributed by atoms with Crippen molar-refractivity contribution in [3.05, 3.63) is 93.5 Å². The molecule has 3 heterocycles. The fourth-order valence-electron chi connectivity index (χ4n) is 6.01. The van der Waals surface area contributed by atoms with Crippen LogP contribution in [0.3, 0.4) is 0 Å². The number of ether oxygens (including phenoxy) is 2. The molecule has 0 aliphatic carbocycles. The van der Waals surface area contributed by atoms with Crippen LogP contribution in [0.5, 0.6) is 11.5 Å². The SMILES string of the molecule is COc1cc(Nc2c(C#N)cnc3cc(-c4coc(CN5CCN(c6c(C)cccc6C)CC5)c4)c(OC)cc23)c(Cl)cc1Cl. The van der Waals surface area contributed by atoms with E-state index in [1.807, 2.05) is 12.1 Å². The Bertz CT molecular complexity index is 1910. The number of piperazine rings is 1. The van der Waals surface area contributed by atoms with E-state index in [4.69, 9.17) is 37.1 Å². The third kappa shape index (κ3) is 6.12. The minimum Gasteiger partial charge on any atom is -0.496 e. The molecule has 2 aromatic heterocycles. The van der Waals surface area contributed by atoms with Crippen molar-refractivity contribution in [1.29, 1.82) is 5.26 Å². The van der Waals surface area contributed by atoms with Gasteiger partial charge in [-0.25, -0.2) is 0 Å². The molecule has 3 aromatic carbocycles. The van der Waals surface area contributed by atoms with E-state index in [0.29, 0.717) is 49.4 Å². The number of anilines is 3. The second kappa shape index (κ2) is 12.9. The van der Waals surface area contributed by atoms with E-state index in [1.165, 1.54) is 23.9 Å². The van der Waals surface area contributed by atoms with Gasteiger partial charge in [0.2, 0.25) is 0 Å². The fourth-order valence-corrected chi connectivity index (χ4v) is 6.52. The van der Waals surface area contributed by atoms with Gasteiger partial charge in [-0.2, -0.15) is 5.26 Å².